The third-order valence-corrected chi connectivity index (χ3v) is 5.05. The van der Waals surface area contributed by atoms with E-state index in [2.05, 4.69) is 25.9 Å². The molecule has 0 spiro atoms. The molecule has 0 aliphatic carbocycles. The fraction of sp³-hybridized carbons (Fsp3) is 0.333. The number of pyridine rings is 2. The number of aromatic nitrogens is 3. The molecule has 1 fully saturated rings. The van der Waals surface area contributed by atoms with Crippen molar-refractivity contribution in [1.82, 2.24) is 19.9 Å². The van der Waals surface area contributed by atoms with Crippen LogP contribution in [0.2, 0.25) is 0 Å². The maximum absolute atomic E-state index is 12.3. The molecule has 0 radical (unpaired) electrons. The summed E-state index contributed by atoms with van der Waals surface area (Å²) in [7, 11) is 0. The zero-order valence-corrected chi connectivity index (χ0v) is 14.5. The maximum Gasteiger partial charge on any atom is 0.152 e. The van der Waals surface area contributed by atoms with E-state index in [9.17, 15) is 4.79 Å². The number of nitrogens with zero attached hydrogens (tertiary/aromatic N) is 4. The van der Waals surface area contributed by atoms with Gasteiger partial charge in [0.1, 0.15) is 0 Å². The van der Waals surface area contributed by atoms with Crippen LogP contribution >= 0.6 is 11.3 Å². The Morgan fingerprint density at radius 3 is 2.84 bits per heavy atom. The highest BCUT2D eigenvalue weighted by molar-refractivity contribution is 7.13. The minimum absolute atomic E-state index is 0.181. The lowest BCUT2D eigenvalue weighted by Gasteiger charge is -2.25. The number of fused-ring (bicyclic) bond motifs is 1. The van der Waals surface area contributed by atoms with Crippen LogP contribution in [0.1, 0.15) is 5.69 Å². The third kappa shape index (κ3) is 3.89. The summed E-state index contributed by atoms with van der Waals surface area (Å²) in [4.78, 5) is 28.5. The molecule has 1 aliphatic heterocycles. The summed E-state index contributed by atoms with van der Waals surface area (Å²) in [5.74, 6) is 0.181. The van der Waals surface area contributed by atoms with Crippen LogP contribution in [0.5, 0.6) is 0 Å². The van der Waals surface area contributed by atoms with Gasteiger partial charge in [-0.2, -0.15) is 0 Å². The average Bonchev–Trinajstić information content (AvgIpc) is 3.16. The number of carbonyl (C=O) groups is 1. The van der Waals surface area contributed by atoms with E-state index in [4.69, 9.17) is 4.74 Å². The van der Waals surface area contributed by atoms with Gasteiger partial charge in [0.05, 0.1) is 48.3 Å². The maximum atomic E-state index is 12.3. The van der Waals surface area contributed by atoms with Crippen LogP contribution in [0.3, 0.4) is 0 Å². The van der Waals surface area contributed by atoms with Gasteiger partial charge in [-0.1, -0.05) is 0 Å². The Hall–Kier alpha value is -2.22. The number of Topliss-reactive ketones (excluding diaryl/α,β-unsaturated/α-hetero) is 1. The number of carbonyl (C=O) groups excluding carboxylic acids is 1. The zero-order chi connectivity index (χ0) is 17.1. The average molecular weight is 354 g/mol. The molecule has 1 aliphatic rings. The Morgan fingerprint density at radius 2 is 2.04 bits per heavy atom. The lowest BCUT2D eigenvalue weighted by molar-refractivity contribution is -0.120. The molecule has 3 aromatic heterocycles. The SMILES string of the molecule is O=C(Cc1cc2cc(-c3cncs3)cnc2cn1)CN1CCOCC1. The van der Waals surface area contributed by atoms with Crippen molar-refractivity contribution in [3.05, 3.63) is 41.9 Å². The van der Waals surface area contributed by atoms with Crippen molar-refractivity contribution >= 4 is 28.0 Å². The number of hydrogen-bond donors (Lipinski definition) is 0. The Bertz CT molecular complexity index is 876. The van der Waals surface area contributed by atoms with Crippen molar-refractivity contribution in [2.45, 2.75) is 6.42 Å². The lowest BCUT2D eigenvalue weighted by Crippen LogP contribution is -2.39. The molecule has 0 atom stereocenters. The van der Waals surface area contributed by atoms with Crippen molar-refractivity contribution in [3.8, 4) is 10.4 Å². The molecule has 7 heteroatoms. The predicted octanol–water partition coefficient (Wildman–Crippen LogP) is 2.20. The minimum Gasteiger partial charge on any atom is -0.379 e. The van der Waals surface area contributed by atoms with Crippen molar-refractivity contribution in [2.24, 2.45) is 0 Å². The quantitative estimate of drug-likeness (QED) is 0.700. The molecule has 0 aromatic carbocycles. The topological polar surface area (TPSA) is 68.2 Å². The molecule has 0 amide bonds. The van der Waals surface area contributed by atoms with Crippen LogP contribution in [0.15, 0.2) is 36.2 Å². The van der Waals surface area contributed by atoms with Gasteiger partial charge in [0.25, 0.3) is 0 Å². The monoisotopic (exact) mass is 354 g/mol. The van der Waals surface area contributed by atoms with E-state index in [1.54, 1.807) is 17.5 Å². The second kappa shape index (κ2) is 7.35. The first-order valence-electron chi connectivity index (χ1n) is 8.23. The molecule has 25 heavy (non-hydrogen) atoms. The van der Waals surface area contributed by atoms with Gasteiger partial charge >= 0.3 is 0 Å². The molecule has 0 N–H and O–H groups in total. The zero-order valence-electron chi connectivity index (χ0n) is 13.7. The van der Waals surface area contributed by atoms with E-state index in [1.807, 2.05) is 24.0 Å². The molecular formula is C18H18N4O2S. The summed E-state index contributed by atoms with van der Waals surface area (Å²) in [5, 5.41) is 0.995. The molecule has 4 heterocycles. The highest BCUT2D eigenvalue weighted by atomic mass is 32.1. The van der Waals surface area contributed by atoms with E-state index < -0.39 is 0 Å². The summed E-state index contributed by atoms with van der Waals surface area (Å²) < 4.78 is 5.31. The molecule has 0 saturated carbocycles. The molecule has 4 rings (SSSR count). The number of morpholine rings is 1. The van der Waals surface area contributed by atoms with Crippen molar-refractivity contribution < 1.29 is 9.53 Å². The largest absolute Gasteiger partial charge is 0.379 e. The first-order valence-corrected chi connectivity index (χ1v) is 9.11. The van der Waals surface area contributed by atoms with E-state index in [1.165, 1.54) is 0 Å². The van der Waals surface area contributed by atoms with E-state index in [0.29, 0.717) is 26.2 Å². The lowest BCUT2D eigenvalue weighted by atomic mass is 10.1. The van der Waals surface area contributed by atoms with Gasteiger partial charge in [0.15, 0.2) is 5.78 Å². The van der Waals surface area contributed by atoms with Crippen LogP contribution in [0.25, 0.3) is 21.3 Å². The Morgan fingerprint density at radius 1 is 1.16 bits per heavy atom. The van der Waals surface area contributed by atoms with Gasteiger partial charge in [-0.3, -0.25) is 24.6 Å². The normalized spacial score (nSPS) is 15.5. The second-order valence-corrected chi connectivity index (χ2v) is 6.95. The van der Waals surface area contributed by atoms with Gasteiger partial charge in [-0.15, -0.1) is 11.3 Å². The van der Waals surface area contributed by atoms with Crippen LogP contribution in [-0.2, 0) is 16.0 Å². The first kappa shape index (κ1) is 16.3. The Kier molecular flexibility index (Phi) is 4.78. The Balaban J connectivity index is 1.50. The summed E-state index contributed by atoms with van der Waals surface area (Å²) in [6.45, 7) is 3.50. The molecule has 6 nitrogen and oxygen atoms in total. The van der Waals surface area contributed by atoms with Gasteiger partial charge in [0.2, 0.25) is 0 Å². The number of thiazole rings is 1. The van der Waals surface area contributed by atoms with E-state index >= 15 is 0 Å². The second-order valence-electron chi connectivity index (χ2n) is 6.06. The number of hydrogen-bond acceptors (Lipinski definition) is 7. The van der Waals surface area contributed by atoms with Crippen LogP contribution in [0, 0.1) is 0 Å². The van der Waals surface area contributed by atoms with Gasteiger partial charge < -0.3 is 4.74 Å². The van der Waals surface area contributed by atoms with Crippen molar-refractivity contribution in [3.63, 3.8) is 0 Å². The van der Waals surface area contributed by atoms with Crippen LogP contribution in [-0.4, -0.2) is 58.5 Å². The number of ether oxygens (including phenoxy) is 1. The molecule has 1 saturated heterocycles. The predicted molar refractivity (Wildman–Crippen MR) is 96.6 cm³/mol. The summed E-state index contributed by atoms with van der Waals surface area (Å²) in [5.41, 5.74) is 4.46. The van der Waals surface area contributed by atoms with Crippen LogP contribution < -0.4 is 0 Å². The van der Waals surface area contributed by atoms with Gasteiger partial charge in [-0.05, 0) is 12.1 Å². The molecular weight excluding hydrogens is 336 g/mol. The molecule has 0 bridgehead atoms. The molecule has 0 unspecified atom stereocenters. The first-order chi connectivity index (χ1) is 12.3. The fourth-order valence-corrected chi connectivity index (χ4v) is 3.54. The standard InChI is InChI=1S/C18H18N4O2S/c23-16(11-22-1-3-24-4-2-22)7-15-6-13-5-14(18-10-19-12-25-18)8-21-17(13)9-20-15/h5-6,8-10,12H,1-4,7,11H2. The van der Waals surface area contributed by atoms with Crippen molar-refractivity contribution in [2.75, 3.05) is 32.8 Å². The summed E-state index contributed by atoms with van der Waals surface area (Å²) >= 11 is 1.58. The minimum atomic E-state index is 0.181. The molecule has 128 valence electrons. The van der Waals surface area contributed by atoms with Gasteiger partial charge in [0, 0.05) is 42.1 Å². The van der Waals surface area contributed by atoms with E-state index in [0.717, 1.165) is 40.1 Å². The van der Waals surface area contributed by atoms with Crippen molar-refractivity contribution in [1.29, 1.82) is 0 Å². The number of rotatable bonds is 5. The van der Waals surface area contributed by atoms with Crippen LogP contribution in [0.4, 0.5) is 0 Å². The fourth-order valence-electron chi connectivity index (χ4n) is 2.93. The van der Waals surface area contributed by atoms with E-state index in [-0.39, 0.29) is 5.78 Å². The smallest absolute Gasteiger partial charge is 0.152 e. The molecule has 3 aromatic rings. The highest BCUT2D eigenvalue weighted by Crippen LogP contribution is 2.25. The summed E-state index contributed by atoms with van der Waals surface area (Å²) in [6, 6.07) is 4.04. The third-order valence-electron chi connectivity index (χ3n) is 4.22. The number of ketones is 1. The Labute approximate surface area is 149 Å². The van der Waals surface area contributed by atoms with Gasteiger partial charge in [-0.25, -0.2) is 0 Å². The summed E-state index contributed by atoms with van der Waals surface area (Å²) in [6.07, 6.45) is 5.75. The highest BCUT2D eigenvalue weighted by Gasteiger charge is 2.15.